The molecule has 4 nitrogen and oxygen atoms in total. The van der Waals surface area contributed by atoms with Crippen LogP contribution in [-0.2, 0) is 0 Å². The quantitative estimate of drug-likeness (QED) is 0.834. The van der Waals surface area contributed by atoms with Crippen molar-refractivity contribution in [2.45, 2.75) is 32.0 Å². The molecule has 0 saturated carbocycles. The van der Waals surface area contributed by atoms with Crippen LogP contribution in [0.1, 0.15) is 31.9 Å². The summed E-state index contributed by atoms with van der Waals surface area (Å²) in [7, 11) is 0. The van der Waals surface area contributed by atoms with Crippen molar-refractivity contribution in [1.29, 1.82) is 0 Å². The van der Waals surface area contributed by atoms with E-state index >= 15 is 0 Å². The highest BCUT2D eigenvalue weighted by Crippen LogP contribution is 2.49. The van der Waals surface area contributed by atoms with Gasteiger partial charge in [-0.25, -0.2) is 4.39 Å². The average Bonchev–Trinajstić information content (AvgIpc) is 2.57. The van der Waals surface area contributed by atoms with Crippen molar-refractivity contribution in [3.8, 4) is 11.5 Å². The second-order valence-electron chi connectivity index (χ2n) is 6.40. The maximum atomic E-state index is 13.3. The number of hydrogen-bond acceptors (Lipinski definition) is 3. The zero-order valence-electron chi connectivity index (χ0n) is 14.1. The zero-order valence-corrected chi connectivity index (χ0v) is 14.9. The number of para-hydroxylation sites is 1. The molecule has 4 rings (SSSR count). The van der Waals surface area contributed by atoms with Crippen molar-refractivity contribution in [2.24, 2.45) is 0 Å². The largest absolute Gasteiger partial charge is 0.490 e. The number of rotatable bonds is 3. The van der Waals surface area contributed by atoms with E-state index in [-0.39, 0.29) is 11.9 Å². The molecule has 2 atom stereocenters. The Morgan fingerprint density at radius 1 is 1.32 bits per heavy atom. The van der Waals surface area contributed by atoms with Gasteiger partial charge in [0.2, 0.25) is 0 Å². The topological polar surface area (TPSA) is 33.7 Å². The monoisotopic (exact) mass is 358 g/mol. The van der Waals surface area contributed by atoms with Crippen LogP contribution < -0.4 is 19.7 Å². The molecule has 1 N–H and O–H groups in total. The molecule has 25 heavy (non-hydrogen) atoms. The molecule has 2 aromatic carbocycles. The number of benzene rings is 2. The second-order valence-corrected chi connectivity index (χ2v) is 6.79. The molecule has 2 aliphatic rings. The van der Waals surface area contributed by atoms with Gasteiger partial charge in [0.05, 0.1) is 12.6 Å². The number of nitrogens with one attached hydrogen (secondary N) is 1. The van der Waals surface area contributed by atoms with E-state index in [1.54, 1.807) is 12.1 Å². The van der Waals surface area contributed by atoms with Crippen molar-refractivity contribution < 1.29 is 13.9 Å². The van der Waals surface area contributed by atoms with Crippen molar-refractivity contribution in [3.63, 3.8) is 0 Å². The standard InChI is InChI=1S/C19H19FN2O2S/c1-3-23-16-6-4-5-14-15-11-19(2,24-17(14)16)22(18(25)21-15)13-9-7-12(20)8-10-13/h4-10,15H,3,11H2,1-2H3,(H,21,25). The van der Waals surface area contributed by atoms with E-state index in [2.05, 4.69) is 5.32 Å². The molecular weight excluding hydrogens is 339 g/mol. The van der Waals surface area contributed by atoms with E-state index in [0.717, 1.165) is 22.7 Å². The van der Waals surface area contributed by atoms with Crippen LogP contribution in [0.5, 0.6) is 11.5 Å². The number of halogens is 1. The van der Waals surface area contributed by atoms with E-state index in [4.69, 9.17) is 21.7 Å². The van der Waals surface area contributed by atoms with Crippen molar-refractivity contribution in [2.75, 3.05) is 11.5 Å². The van der Waals surface area contributed by atoms with Gasteiger partial charge in [0.1, 0.15) is 5.82 Å². The maximum Gasteiger partial charge on any atom is 0.188 e. The molecule has 130 valence electrons. The summed E-state index contributed by atoms with van der Waals surface area (Å²) >= 11 is 5.59. The summed E-state index contributed by atoms with van der Waals surface area (Å²) in [5.74, 6) is 1.19. The van der Waals surface area contributed by atoms with Crippen molar-refractivity contribution in [3.05, 3.63) is 53.8 Å². The third-order valence-electron chi connectivity index (χ3n) is 4.65. The predicted octanol–water partition coefficient (Wildman–Crippen LogP) is 4.16. The second kappa shape index (κ2) is 5.88. The zero-order chi connectivity index (χ0) is 17.6. The van der Waals surface area contributed by atoms with Crippen LogP contribution in [0.25, 0.3) is 0 Å². The van der Waals surface area contributed by atoms with Gasteiger partial charge >= 0.3 is 0 Å². The normalized spacial score (nSPS) is 24.2. The van der Waals surface area contributed by atoms with Crippen LogP contribution in [0.15, 0.2) is 42.5 Å². The summed E-state index contributed by atoms with van der Waals surface area (Å²) in [6.07, 6.45) is 0.715. The number of thiocarbonyl (C=S) groups is 1. The molecule has 2 aliphatic heterocycles. The average molecular weight is 358 g/mol. The van der Waals surface area contributed by atoms with Crippen molar-refractivity contribution in [1.82, 2.24) is 5.32 Å². The summed E-state index contributed by atoms with van der Waals surface area (Å²) in [5, 5.41) is 3.96. The van der Waals surface area contributed by atoms with Gasteiger partial charge in [-0.1, -0.05) is 12.1 Å². The Bertz CT molecular complexity index is 827. The van der Waals surface area contributed by atoms with Gasteiger partial charge in [-0.3, -0.25) is 4.90 Å². The lowest BCUT2D eigenvalue weighted by Crippen LogP contribution is -2.65. The molecule has 2 aromatic rings. The van der Waals surface area contributed by atoms with Gasteiger partial charge in [0.15, 0.2) is 22.3 Å². The van der Waals surface area contributed by atoms with E-state index in [9.17, 15) is 4.39 Å². The smallest absolute Gasteiger partial charge is 0.188 e. The van der Waals surface area contributed by atoms with Crippen LogP contribution in [0.3, 0.4) is 0 Å². The van der Waals surface area contributed by atoms with Crippen LogP contribution >= 0.6 is 12.2 Å². The molecule has 0 aliphatic carbocycles. The Hall–Kier alpha value is -2.34. The first kappa shape index (κ1) is 16.1. The molecule has 2 unspecified atom stereocenters. The highest BCUT2D eigenvalue weighted by atomic mass is 32.1. The molecule has 0 radical (unpaired) electrons. The molecule has 0 spiro atoms. The summed E-state index contributed by atoms with van der Waals surface area (Å²) < 4.78 is 25.5. The van der Waals surface area contributed by atoms with Gasteiger partial charge in [0, 0.05) is 17.7 Å². The van der Waals surface area contributed by atoms with E-state index in [1.165, 1.54) is 12.1 Å². The SMILES string of the molecule is CCOc1cccc2c1OC1(C)CC2NC(=S)N1c1ccc(F)cc1. The van der Waals surface area contributed by atoms with Gasteiger partial charge in [-0.15, -0.1) is 0 Å². The summed E-state index contributed by atoms with van der Waals surface area (Å²) in [5.41, 5.74) is 1.16. The first-order valence-corrected chi connectivity index (χ1v) is 8.73. The van der Waals surface area contributed by atoms with E-state index in [0.29, 0.717) is 18.1 Å². The summed E-state index contributed by atoms with van der Waals surface area (Å²) in [6.45, 7) is 4.51. The molecule has 0 aromatic heterocycles. The first-order valence-electron chi connectivity index (χ1n) is 8.33. The minimum Gasteiger partial charge on any atom is -0.490 e. The van der Waals surface area contributed by atoms with Crippen LogP contribution in [-0.4, -0.2) is 17.4 Å². The first-order chi connectivity index (χ1) is 12.0. The maximum absolute atomic E-state index is 13.3. The molecule has 6 heteroatoms. The molecule has 0 amide bonds. The van der Waals surface area contributed by atoms with Crippen LogP contribution in [0.2, 0.25) is 0 Å². The number of nitrogens with zero attached hydrogens (tertiary/aromatic N) is 1. The fourth-order valence-corrected chi connectivity index (χ4v) is 4.05. The number of anilines is 1. The summed E-state index contributed by atoms with van der Waals surface area (Å²) in [4.78, 5) is 1.91. The van der Waals surface area contributed by atoms with E-state index < -0.39 is 5.72 Å². The van der Waals surface area contributed by atoms with Crippen molar-refractivity contribution >= 4 is 23.0 Å². The van der Waals surface area contributed by atoms with Crippen LogP contribution in [0.4, 0.5) is 10.1 Å². The third kappa shape index (κ3) is 2.61. The highest BCUT2D eigenvalue weighted by molar-refractivity contribution is 7.80. The van der Waals surface area contributed by atoms with Gasteiger partial charge in [0.25, 0.3) is 0 Å². The molecule has 1 fully saturated rings. The third-order valence-corrected chi connectivity index (χ3v) is 4.95. The molecular formula is C19H19FN2O2S. The Morgan fingerprint density at radius 3 is 2.80 bits per heavy atom. The van der Waals surface area contributed by atoms with E-state index in [1.807, 2.05) is 36.9 Å². The fraction of sp³-hybridized carbons (Fsp3) is 0.316. The molecule has 1 saturated heterocycles. The number of ether oxygens (including phenoxy) is 2. The minimum absolute atomic E-state index is 0.0540. The van der Waals surface area contributed by atoms with Gasteiger partial charge in [-0.05, 0) is 56.4 Å². The minimum atomic E-state index is -0.676. The number of fused-ring (bicyclic) bond motifs is 4. The highest BCUT2D eigenvalue weighted by Gasteiger charge is 2.49. The van der Waals surface area contributed by atoms with Gasteiger partial charge < -0.3 is 14.8 Å². The Morgan fingerprint density at radius 2 is 2.08 bits per heavy atom. The Labute approximate surface area is 151 Å². The number of hydrogen-bond donors (Lipinski definition) is 1. The fourth-order valence-electron chi connectivity index (χ4n) is 3.61. The lowest BCUT2D eigenvalue weighted by molar-refractivity contribution is 0.0457. The summed E-state index contributed by atoms with van der Waals surface area (Å²) in [6, 6.07) is 12.2. The molecule has 2 bridgehead atoms. The Kier molecular flexibility index (Phi) is 3.80. The Balaban J connectivity index is 1.79. The van der Waals surface area contributed by atoms with Gasteiger partial charge in [-0.2, -0.15) is 0 Å². The van der Waals surface area contributed by atoms with Crippen LogP contribution in [0, 0.1) is 5.82 Å². The lowest BCUT2D eigenvalue weighted by atomic mass is 9.90. The molecule has 2 heterocycles. The predicted molar refractivity (Wildman–Crippen MR) is 98.6 cm³/mol. The lowest BCUT2D eigenvalue weighted by Gasteiger charge is -2.52.